The average molecular weight is 234 g/mol. The largest absolute Gasteiger partial charge is 0.0616 e. The summed E-state index contributed by atoms with van der Waals surface area (Å²) in [7, 11) is 0. The highest BCUT2D eigenvalue weighted by Gasteiger charge is 2.10. The van der Waals surface area contributed by atoms with Crippen molar-refractivity contribution in [2.24, 2.45) is 0 Å². The quantitative estimate of drug-likeness (QED) is 0.467. The van der Waals surface area contributed by atoms with Gasteiger partial charge in [0, 0.05) is 0 Å². The summed E-state index contributed by atoms with van der Waals surface area (Å²) < 4.78 is 0. The second-order valence-corrected chi connectivity index (χ2v) is 5.23. The van der Waals surface area contributed by atoms with Gasteiger partial charge in [0.2, 0.25) is 0 Å². The molecule has 0 radical (unpaired) electrons. The lowest BCUT2D eigenvalue weighted by atomic mass is 9.89. The number of fused-ring (bicyclic) bond motifs is 3. The van der Waals surface area contributed by atoms with Gasteiger partial charge in [0.05, 0.1) is 0 Å². The third-order valence-electron chi connectivity index (χ3n) is 4.29. The highest BCUT2D eigenvalue weighted by molar-refractivity contribution is 6.11. The minimum absolute atomic E-state index is 1.37. The van der Waals surface area contributed by atoms with Crippen LogP contribution in [-0.4, -0.2) is 0 Å². The van der Waals surface area contributed by atoms with Crippen molar-refractivity contribution in [3.63, 3.8) is 0 Å². The van der Waals surface area contributed by atoms with Crippen LogP contribution in [0.3, 0.4) is 0 Å². The third-order valence-corrected chi connectivity index (χ3v) is 4.29. The standard InChI is InChI=1S/C18H18/c1-11-9-10-17-16-8-6-5-7-15(16)13(3)14(4)18(17)12(11)2/h5-10H,1-4H3. The summed E-state index contributed by atoms with van der Waals surface area (Å²) in [4.78, 5) is 0. The van der Waals surface area contributed by atoms with Crippen LogP contribution < -0.4 is 0 Å². The van der Waals surface area contributed by atoms with E-state index in [9.17, 15) is 0 Å². The minimum Gasteiger partial charge on any atom is -0.0616 e. The molecule has 0 aliphatic rings. The Morgan fingerprint density at radius 1 is 0.556 bits per heavy atom. The van der Waals surface area contributed by atoms with Gasteiger partial charge in [-0.2, -0.15) is 0 Å². The summed E-state index contributed by atoms with van der Waals surface area (Å²) in [6.07, 6.45) is 0. The van der Waals surface area contributed by atoms with E-state index < -0.39 is 0 Å². The molecule has 0 aromatic heterocycles. The Bertz CT molecular complexity index is 764. The molecular formula is C18H18. The molecule has 0 unspecified atom stereocenters. The zero-order valence-electron chi connectivity index (χ0n) is 11.5. The van der Waals surface area contributed by atoms with E-state index in [0.717, 1.165) is 0 Å². The Labute approximate surface area is 108 Å². The molecule has 0 saturated carbocycles. The van der Waals surface area contributed by atoms with Crippen molar-refractivity contribution >= 4 is 21.5 Å². The number of benzene rings is 3. The molecule has 0 heterocycles. The van der Waals surface area contributed by atoms with Gasteiger partial charge >= 0.3 is 0 Å². The van der Waals surface area contributed by atoms with Crippen molar-refractivity contribution in [2.75, 3.05) is 0 Å². The van der Waals surface area contributed by atoms with E-state index in [0.29, 0.717) is 0 Å². The fourth-order valence-corrected chi connectivity index (χ4v) is 2.96. The molecule has 0 bridgehead atoms. The monoisotopic (exact) mass is 234 g/mol. The van der Waals surface area contributed by atoms with Gasteiger partial charge in [-0.1, -0.05) is 36.4 Å². The number of hydrogen-bond acceptors (Lipinski definition) is 0. The van der Waals surface area contributed by atoms with E-state index in [1.54, 1.807) is 0 Å². The van der Waals surface area contributed by atoms with Crippen molar-refractivity contribution in [1.29, 1.82) is 0 Å². The van der Waals surface area contributed by atoms with Gasteiger partial charge in [0.1, 0.15) is 0 Å². The summed E-state index contributed by atoms with van der Waals surface area (Å²) in [5, 5.41) is 5.58. The molecule has 3 rings (SSSR count). The van der Waals surface area contributed by atoms with Crippen LogP contribution in [0.25, 0.3) is 21.5 Å². The second-order valence-electron chi connectivity index (χ2n) is 5.23. The van der Waals surface area contributed by atoms with Crippen LogP contribution >= 0.6 is 0 Å². The van der Waals surface area contributed by atoms with Crippen molar-refractivity contribution in [3.8, 4) is 0 Å². The molecule has 0 N–H and O–H groups in total. The Morgan fingerprint density at radius 2 is 1.22 bits per heavy atom. The van der Waals surface area contributed by atoms with Gasteiger partial charge in [-0.05, 0) is 71.5 Å². The van der Waals surface area contributed by atoms with Crippen LogP contribution in [0.4, 0.5) is 0 Å². The molecule has 0 aliphatic heterocycles. The topological polar surface area (TPSA) is 0 Å². The SMILES string of the molecule is Cc1ccc2c(c1C)c(C)c(C)c1ccccc12. The second kappa shape index (κ2) is 3.84. The smallest absolute Gasteiger partial charge is 0.00997 e. The Hall–Kier alpha value is -1.82. The highest BCUT2D eigenvalue weighted by atomic mass is 14.1. The minimum atomic E-state index is 1.37. The molecule has 18 heavy (non-hydrogen) atoms. The van der Waals surface area contributed by atoms with E-state index in [2.05, 4.69) is 64.1 Å². The van der Waals surface area contributed by atoms with E-state index >= 15 is 0 Å². The first-order valence-corrected chi connectivity index (χ1v) is 6.49. The van der Waals surface area contributed by atoms with Crippen molar-refractivity contribution in [1.82, 2.24) is 0 Å². The molecule has 0 fully saturated rings. The Kier molecular flexibility index (Phi) is 2.41. The zero-order valence-corrected chi connectivity index (χ0v) is 11.5. The van der Waals surface area contributed by atoms with E-state index in [1.807, 2.05) is 0 Å². The average Bonchev–Trinajstić information content (AvgIpc) is 2.39. The van der Waals surface area contributed by atoms with Crippen molar-refractivity contribution in [3.05, 3.63) is 58.7 Å². The molecule has 3 aromatic carbocycles. The first-order chi connectivity index (χ1) is 8.61. The predicted molar refractivity (Wildman–Crippen MR) is 80.4 cm³/mol. The van der Waals surface area contributed by atoms with Crippen molar-refractivity contribution < 1.29 is 0 Å². The number of hydrogen-bond donors (Lipinski definition) is 0. The molecule has 3 aromatic rings. The molecule has 0 heteroatoms. The van der Waals surface area contributed by atoms with E-state index in [-0.39, 0.29) is 0 Å². The Balaban J connectivity index is 2.69. The van der Waals surface area contributed by atoms with Crippen LogP contribution in [0.1, 0.15) is 22.3 Å². The maximum Gasteiger partial charge on any atom is -0.00997 e. The molecule has 0 aliphatic carbocycles. The van der Waals surface area contributed by atoms with Gasteiger partial charge in [-0.25, -0.2) is 0 Å². The molecule has 0 saturated heterocycles. The fraction of sp³-hybridized carbons (Fsp3) is 0.222. The first kappa shape index (κ1) is 11.3. The molecule has 90 valence electrons. The van der Waals surface area contributed by atoms with Crippen LogP contribution in [0.2, 0.25) is 0 Å². The number of rotatable bonds is 0. The lowest BCUT2D eigenvalue weighted by Gasteiger charge is -2.15. The summed E-state index contributed by atoms with van der Waals surface area (Å²) in [6, 6.07) is 13.2. The maximum atomic E-state index is 2.27. The summed E-state index contributed by atoms with van der Waals surface area (Å²) in [6.45, 7) is 8.91. The van der Waals surface area contributed by atoms with Crippen LogP contribution in [0.5, 0.6) is 0 Å². The van der Waals surface area contributed by atoms with Gasteiger partial charge < -0.3 is 0 Å². The zero-order chi connectivity index (χ0) is 12.9. The molecule has 0 atom stereocenters. The predicted octanol–water partition coefficient (Wildman–Crippen LogP) is 5.23. The van der Waals surface area contributed by atoms with Gasteiger partial charge in [0.15, 0.2) is 0 Å². The van der Waals surface area contributed by atoms with E-state index in [4.69, 9.17) is 0 Å². The molecule has 0 spiro atoms. The first-order valence-electron chi connectivity index (χ1n) is 6.49. The molecular weight excluding hydrogens is 216 g/mol. The normalized spacial score (nSPS) is 11.3. The van der Waals surface area contributed by atoms with Crippen molar-refractivity contribution in [2.45, 2.75) is 27.7 Å². The van der Waals surface area contributed by atoms with Crippen LogP contribution in [-0.2, 0) is 0 Å². The van der Waals surface area contributed by atoms with E-state index in [1.165, 1.54) is 43.8 Å². The highest BCUT2D eigenvalue weighted by Crippen LogP contribution is 2.34. The molecule has 0 nitrogen and oxygen atoms in total. The fourth-order valence-electron chi connectivity index (χ4n) is 2.96. The van der Waals surface area contributed by atoms with Crippen LogP contribution in [0, 0.1) is 27.7 Å². The van der Waals surface area contributed by atoms with Gasteiger partial charge in [-0.15, -0.1) is 0 Å². The van der Waals surface area contributed by atoms with Gasteiger partial charge in [-0.3, -0.25) is 0 Å². The maximum absolute atomic E-state index is 2.27. The van der Waals surface area contributed by atoms with Gasteiger partial charge in [0.25, 0.3) is 0 Å². The number of aryl methyl sites for hydroxylation is 4. The lowest BCUT2D eigenvalue weighted by molar-refractivity contribution is 1.34. The summed E-state index contributed by atoms with van der Waals surface area (Å²) >= 11 is 0. The summed E-state index contributed by atoms with van der Waals surface area (Å²) in [5.41, 5.74) is 5.62. The summed E-state index contributed by atoms with van der Waals surface area (Å²) in [5.74, 6) is 0. The lowest BCUT2D eigenvalue weighted by Crippen LogP contribution is -1.92. The Morgan fingerprint density at radius 3 is 1.94 bits per heavy atom. The van der Waals surface area contributed by atoms with Crippen LogP contribution in [0.15, 0.2) is 36.4 Å². The third kappa shape index (κ3) is 1.38. The molecule has 0 amide bonds.